The standard InChI is InChI=1S/C9H18N4/c1-3-10-5-6-11-9-12-7-8-13(9)4-2/h7-8,10H,3-6H2,1-2H3,(H,11,12). The highest BCUT2D eigenvalue weighted by atomic mass is 15.2. The molecule has 13 heavy (non-hydrogen) atoms. The van der Waals surface area contributed by atoms with E-state index >= 15 is 0 Å². The Hall–Kier alpha value is -1.03. The average Bonchev–Trinajstić information content (AvgIpc) is 2.60. The third kappa shape index (κ3) is 3.06. The highest BCUT2D eigenvalue weighted by Gasteiger charge is 1.97. The normalized spacial score (nSPS) is 10.3. The van der Waals surface area contributed by atoms with Gasteiger partial charge < -0.3 is 15.2 Å². The molecule has 0 aliphatic carbocycles. The van der Waals surface area contributed by atoms with Gasteiger partial charge in [-0.15, -0.1) is 0 Å². The summed E-state index contributed by atoms with van der Waals surface area (Å²) in [4.78, 5) is 4.21. The molecule has 0 aromatic carbocycles. The van der Waals surface area contributed by atoms with Crippen molar-refractivity contribution in [2.75, 3.05) is 25.0 Å². The largest absolute Gasteiger partial charge is 0.354 e. The first-order valence-corrected chi connectivity index (χ1v) is 4.84. The second-order valence-electron chi connectivity index (χ2n) is 2.82. The van der Waals surface area contributed by atoms with Gasteiger partial charge in [0, 0.05) is 32.0 Å². The molecule has 0 saturated heterocycles. The monoisotopic (exact) mass is 182 g/mol. The molecule has 0 bridgehead atoms. The van der Waals surface area contributed by atoms with Crippen molar-refractivity contribution in [3.63, 3.8) is 0 Å². The van der Waals surface area contributed by atoms with Gasteiger partial charge in [-0.05, 0) is 13.5 Å². The molecule has 4 nitrogen and oxygen atoms in total. The molecule has 0 aliphatic rings. The quantitative estimate of drug-likeness (QED) is 0.643. The second kappa shape index (κ2) is 5.59. The van der Waals surface area contributed by atoms with E-state index in [1.54, 1.807) is 0 Å². The summed E-state index contributed by atoms with van der Waals surface area (Å²) in [7, 11) is 0. The van der Waals surface area contributed by atoms with E-state index in [9.17, 15) is 0 Å². The SMILES string of the molecule is CCNCCNc1nccn1CC. The predicted octanol–water partition coefficient (Wildman–Crippen LogP) is 0.924. The summed E-state index contributed by atoms with van der Waals surface area (Å²) in [5.41, 5.74) is 0. The third-order valence-corrected chi connectivity index (χ3v) is 1.89. The van der Waals surface area contributed by atoms with E-state index in [0.29, 0.717) is 0 Å². The van der Waals surface area contributed by atoms with Gasteiger partial charge in [-0.3, -0.25) is 0 Å². The van der Waals surface area contributed by atoms with Crippen molar-refractivity contribution in [3.05, 3.63) is 12.4 Å². The molecule has 0 spiro atoms. The number of likely N-dealkylation sites (N-methyl/N-ethyl adjacent to an activating group) is 1. The Kier molecular flexibility index (Phi) is 4.32. The molecule has 0 saturated carbocycles. The fourth-order valence-electron chi connectivity index (χ4n) is 1.17. The maximum Gasteiger partial charge on any atom is 0.202 e. The number of aryl methyl sites for hydroxylation is 1. The van der Waals surface area contributed by atoms with Crippen molar-refractivity contribution in [1.82, 2.24) is 14.9 Å². The summed E-state index contributed by atoms with van der Waals surface area (Å²) < 4.78 is 2.09. The molecule has 4 heteroatoms. The van der Waals surface area contributed by atoms with Gasteiger partial charge in [0.05, 0.1) is 0 Å². The molecule has 0 amide bonds. The minimum absolute atomic E-state index is 0.921. The summed E-state index contributed by atoms with van der Waals surface area (Å²) >= 11 is 0. The van der Waals surface area contributed by atoms with E-state index in [1.807, 2.05) is 12.4 Å². The predicted molar refractivity (Wildman–Crippen MR) is 54.9 cm³/mol. The average molecular weight is 182 g/mol. The highest BCUT2D eigenvalue weighted by molar-refractivity contribution is 5.25. The first-order chi connectivity index (χ1) is 6.38. The van der Waals surface area contributed by atoms with E-state index in [1.165, 1.54) is 0 Å². The molecular weight excluding hydrogens is 164 g/mol. The van der Waals surface area contributed by atoms with Crippen molar-refractivity contribution >= 4 is 5.95 Å². The van der Waals surface area contributed by atoms with Gasteiger partial charge in [-0.2, -0.15) is 0 Å². The van der Waals surface area contributed by atoms with Crippen LogP contribution in [0.3, 0.4) is 0 Å². The van der Waals surface area contributed by atoms with E-state index in [-0.39, 0.29) is 0 Å². The molecule has 1 heterocycles. The lowest BCUT2D eigenvalue weighted by molar-refractivity contribution is 0.721. The molecular formula is C9H18N4. The zero-order valence-corrected chi connectivity index (χ0v) is 8.38. The molecule has 1 rings (SSSR count). The maximum atomic E-state index is 4.21. The Morgan fingerprint density at radius 3 is 2.92 bits per heavy atom. The number of imidazole rings is 1. The number of nitrogens with zero attached hydrogens (tertiary/aromatic N) is 2. The minimum atomic E-state index is 0.921. The zero-order chi connectivity index (χ0) is 9.52. The number of anilines is 1. The van der Waals surface area contributed by atoms with Crippen LogP contribution < -0.4 is 10.6 Å². The Bertz CT molecular complexity index is 231. The topological polar surface area (TPSA) is 41.9 Å². The minimum Gasteiger partial charge on any atom is -0.354 e. The van der Waals surface area contributed by atoms with Gasteiger partial charge >= 0.3 is 0 Å². The Labute approximate surface area is 79.4 Å². The van der Waals surface area contributed by atoms with Gasteiger partial charge in [0.1, 0.15) is 0 Å². The summed E-state index contributed by atoms with van der Waals surface area (Å²) in [5.74, 6) is 0.959. The maximum absolute atomic E-state index is 4.21. The van der Waals surface area contributed by atoms with Crippen molar-refractivity contribution in [3.8, 4) is 0 Å². The lowest BCUT2D eigenvalue weighted by Crippen LogP contribution is -2.22. The molecule has 1 aromatic rings. The molecule has 2 N–H and O–H groups in total. The third-order valence-electron chi connectivity index (χ3n) is 1.89. The molecule has 0 aliphatic heterocycles. The number of hydrogen-bond donors (Lipinski definition) is 2. The van der Waals surface area contributed by atoms with Crippen LogP contribution in [-0.2, 0) is 6.54 Å². The lowest BCUT2D eigenvalue weighted by Gasteiger charge is -2.07. The van der Waals surface area contributed by atoms with Crippen LogP contribution in [0, 0.1) is 0 Å². The van der Waals surface area contributed by atoms with Crippen molar-refractivity contribution in [2.24, 2.45) is 0 Å². The summed E-state index contributed by atoms with van der Waals surface area (Å²) in [6.45, 7) is 8.09. The Morgan fingerprint density at radius 1 is 1.38 bits per heavy atom. The highest BCUT2D eigenvalue weighted by Crippen LogP contribution is 2.01. The fraction of sp³-hybridized carbons (Fsp3) is 0.667. The molecule has 1 aromatic heterocycles. The van der Waals surface area contributed by atoms with Crippen molar-refractivity contribution in [2.45, 2.75) is 20.4 Å². The van der Waals surface area contributed by atoms with E-state index < -0.39 is 0 Å². The molecule has 0 unspecified atom stereocenters. The van der Waals surface area contributed by atoms with Crippen molar-refractivity contribution in [1.29, 1.82) is 0 Å². The van der Waals surface area contributed by atoms with Crippen LogP contribution in [0.2, 0.25) is 0 Å². The van der Waals surface area contributed by atoms with Crippen LogP contribution in [0.4, 0.5) is 5.95 Å². The van der Waals surface area contributed by atoms with Gasteiger partial charge in [0.25, 0.3) is 0 Å². The van der Waals surface area contributed by atoms with Crippen LogP contribution in [0.1, 0.15) is 13.8 Å². The Balaban J connectivity index is 2.27. The van der Waals surface area contributed by atoms with Gasteiger partial charge in [0.2, 0.25) is 5.95 Å². The zero-order valence-electron chi connectivity index (χ0n) is 8.38. The summed E-state index contributed by atoms with van der Waals surface area (Å²) in [5, 5.41) is 6.52. The van der Waals surface area contributed by atoms with Crippen LogP contribution in [-0.4, -0.2) is 29.2 Å². The summed E-state index contributed by atoms with van der Waals surface area (Å²) in [6, 6.07) is 0. The first-order valence-electron chi connectivity index (χ1n) is 4.84. The number of rotatable bonds is 6. The lowest BCUT2D eigenvalue weighted by atomic mass is 10.6. The molecule has 0 radical (unpaired) electrons. The molecule has 0 fully saturated rings. The van der Waals surface area contributed by atoms with Crippen LogP contribution >= 0.6 is 0 Å². The van der Waals surface area contributed by atoms with Crippen LogP contribution in [0.5, 0.6) is 0 Å². The second-order valence-corrected chi connectivity index (χ2v) is 2.82. The Morgan fingerprint density at radius 2 is 2.23 bits per heavy atom. The van der Waals surface area contributed by atoms with Crippen LogP contribution in [0.25, 0.3) is 0 Å². The number of nitrogens with one attached hydrogen (secondary N) is 2. The first kappa shape index (κ1) is 10.1. The van der Waals surface area contributed by atoms with Crippen molar-refractivity contribution < 1.29 is 0 Å². The van der Waals surface area contributed by atoms with E-state index in [4.69, 9.17) is 0 Å². The molecule has 0 atom stereocenters. The summed E-state index contributed by atoms with van der Waals surface area (Å²) in [6.07, 6.45) is 3.80. The number of aromatic nitrogens is 2. The van der Waals surface area contributed by atoms with Crippen LogP contribution in [0.15, 0.2) is 12.4 Å². The number of hydrogen-bond acceptors (Lipinski definition) is 3. The smallest absolute Gasteiger partial charge is 0.202 e. The van der Waals surface area contributed by atoms with E-state index in [2.05, 4.69) is 34.0 Å². The van der Waals surface area contributed by atoms with E-state index in [0.717, 1.165) is 32.1 Å². The molecule has 74 valence electrons. The van der Waals surface area contributed by atoms with Gasteiger partial charge in [0.15, 0.2) is 0 Å². The van der Waals surface area contributed by atoms with Gasteiger partial charge in [-0.25, -0.2) is 4.98 Å². The van der Waals surface area contributed by atoms with Gasteiger partial charge in [-0.1, -0.05) is 6.92 Å². The fourth-order valence-corrected chi connectivity index (χ4v) is 1.17.